The molecule has 0 bridgehead atoms. The van der Waals surface area contributed by atoms with Crippen LogP contribution in [0.5, 0.6) is 0 Å². The minimum atomic E-state index is -4.42. The Labute approximate surface area is 107 Å². The number of amides is 1. The van der Waals surface area contributed by atoms with Crippen molar-refractivity contribution < 1.29 is 18.0 Å². The minimum absolute atomic E-state index is 0.111. The lowest BCUT2D eigenvalue weighted by atomic mass is 10.2. The van der Waals surface area contributed by atoms with E-state index in [-0.39, 0.29) is 18.0 Å². The number of rotatable bonds is 3. The summed E-state index contributed by atoms with van der Waals surface area (Å²) in [4.78, 5) is 14.4. The van der Waals surface area contributed by atoms with Crippen molar-refractivity contribution in [2.24, 2.45) is 0 Å². The van der Waals surface area contributed by atoms with E-state index in [0.29, 0.717) is 0 Å². The summed E-state index contributed by atoms with van der Waals surface area (Å²) in [6, 6.07) is 6.28. The SMILES string of the molecule is O=C(Cc1cc[nH]c1)Nc1cccc(C(F)(F)F)c1. The molecule has 2 N–H and O–H groups in total. The molecule has 2 aromatic rings. The maximum atomic E-state index is 12.5. The second-order valence-electron chi connectivity index (χ2n) is 4.02. The topological polar surface area (TPSA) is 44.9 Å². The summed E-state index contributed by atoms with van der Waals surface area (Å²) in [5, 5.41) is 2.44. The van der Waals surface area contributed by atoms with Crippen molar-refractivity contribution in [1.29, 1.82) is 0 Å². The van der Waals surface area contributed by atoms with Crippen LogP contribution in [0.1, 0.15) is 11.1 Å². The average molecular weight is 268 g/mol. The minimum Gasteiger partial charge on any atom is -0.367 e. The van der Waals surface area contributed by atoms with Gasteiger partial charge in [-0.15, -0.1) is 0 Å². The zero-order chi connectivity index (χ0) is 13.9. The van der Waals surface area contributed by atoms with Crippen molar-refractivity contribution in [3.05, 3.63) is 53.9 Å². The number of aromatic amines is 1. The van der Waals surface area contributed by atoms with Crippen LogP contribution in [0.25, 0.3) is 0 Å². The highest BCUT2D eigenvalue weighted by Gasteiger charge is 2.30. The molecule has 1 amide bonds. The zero-order valence-corrected chi connectivity index (χ0v) is 9.79. The van der Waals surface area contributed by atoms with E-state index in [1.165, 1.54) is 12.1 Å². The van der Waals surface area contributed by atoms with E-state index >= 15 is 0 Å². The molecule has 0 aliphatic rings. The molecule has 100 valence electrons. The molecule has 1 heterocycles. The second-order valence-corrected chi connectivity index (χ2v) is 4.02. The standard InChI is InChI=1S/C13H11F3N2O/c14-13(15,16)10-2-1-3-11(7-10)18-12(19)6-9-4-5-17-8-9/h1-5,7-8,17H,6H2,(H,18,19). The smallest absolute Gasteiger partial charge is 0.367 e. The molecule has 1 aromatic heterocycles. The van der Waals surface area contributed by atoms with Crippen LogP contribution in [0.4, 0.5) is 18.9 Å². The number of aromatic nitrogens is 1. The zero-order valence-electron chi connectivity index (χ0n) is 9.79. The van der Waals surface area contributed by atoms with Crippen LogP contribution < -0.4 is 5.32 Å². The van der Waals surface area contributed by atoms with Crippen LogP contribution in [-0.4, -0.2) is 10.9 Å². The number of anilines is 1. The van der Waals surface area contributed by atoms with Crippen LogP contribution in [0.3, 0.4) is 0 Å². The lowest BCUT2D eigenvalue weighted by Crippen LogP contribution is -2.15. The summed E-state index contributed by atoms with van der Waals surface area (Å²) in [5.41, 5.74) is 0.117. The van der Waals surface area contributed by atoms with Crippen LogP contribution in [0.2, 0.25) is 0 Å². The fraction of sp³-hybridized carbons (Fsp3) is 0.154. The first-order valence-corrected chi connectivity index (χ1v) is 5.54. The molecule has 0 aliphatic heterocycles. The monoisotopic (exact) mass is 268 g/mol. The molecule has 6 heteroatoms. The van der Waals surface area contributed by atoms with E-state index in [4.69, 9.17) is 0 Å². The van der Waals surface area contributed by atoms with Gasteiger partial charge in [-0.2, -0.15) is 13.2 Å². The third-order valence-electron chi connectivity index (χ3n) is 2.50. The van der Waals surface area contributed by atoms with E-state index in [1.54, 1.807) is 18.5 Å². The molecule has 3 nitrogen and oxygen atoms in total. The number of hydrogen-bond donors (Lipinski definition) is 2. The van der Waals surface area contributed by atoms with Gasteiger partial charge in [-0.05, 0) is 29.8 Å². The third-order valence-corrected chi connectivity index (χ3v) is 2.50. The first-order chi connectivity index (χ1) is 8.95. The van der Waals surface area contributed by atoms with Gasteiger partial charge in [0.2, 0.25) is 5.91 Å². The van der Waals surface area contributed by atoms with E-state index in [0.717, 1.165) is 17.7 Å². The Balaban J connectivity index is 2.05. The summed E-state index contributed by atoms with van der Waals surface area (Å²) < 4.78 is 37.5. The molecule has 2 rings (SSSR count). The molecule has 0 saturated carbocycles. The second kappa shape index (κ2) is 5.17. The molecule has 1 aromatic carbocycles. The van der Waals surface area contributed by atoms with Crippen LogP contribution in [0, 0.1) is 0 Å². The highest BCUT2D eigenvalue weighted by molar-refractivity contribution is 5.92. The molecular weight excluding hydrogens is 257 g/mol. The third kappa shape index (κ3) is 3.61. The van der Waals surface area contributed by atoms with Gasteiger partial charge in [0.15, 0.2) is 0 Å². The van der Waals surface area contributed by atoms with Crippen molar-refractivity contribution in [2.75, 3.05) is 5.32 Å². The first-order valence-electron chi connectivity index (χ1n) is 5.54. The van der Waals surface area contributed by atoms with Crippen LogP contribution in [0.15, 0.2) is 42.7 Å². The Morgan fingerprint density at radius 2 is 2.05 bits per heavy atom. The van der Waals surface area contributed by atoms with Gasteiger partial charge in [-0.25, -0.2) is 0 Å². The number of halogens is 3. The normalized spacial score (nSPS) is 11.3. The quantitative estimate of drug-likeness (QED) is 0.882. The number of carbonyl (C=O) groups excluding carboxylic acids is 1. The molecule has 0 aliphatic carbocycles. The number of benzene rings is 1. The number of alkyl halides is 3. The van der Waals surface area contributed by atoms with Crippen molar-refractivity contribution >= 4 is 11.6 Å². The highest BCUT2D eigenvalue weighted by atomic mass is 19.4. The van der Waals surface area contributed by atoms with Gasteiger partial charge in [0, 0.05) is 18.1 Å². The van der Waals surface area contributed by atoms with Gasteiger partial charge in [0.1, 0.15) is 0 Å². The Bertz CT molecular complexity index is 562. The number of hydrogen-bond acceptors (Lipinski definition) is 1. The fourth-order valence-corrected chi connectivity index (χ4v) is 1.63. The number of nitrogens with one attached hydrogen (secondary N) is 2. The molecule has 0 fully saturated rings. The molecule has 0 unspecified atom stereocenters. The van der Waals surface area contributed by atoms with Crippen LogP contribution >= 0.6 is 0 Å². The lowest BCUT2D eigenvalue weighted by molar-refractivity contribution is -0.137. The van der Waals surface area contributed by atoms with E-state index in [9.17, 15) is 18.0 Å². The molecule has 19 heavy (non-hydrogen) atoms. The van der Waals surface area contributed by atoms with Crippen molar-refractivity contribution in [2.45, 2.75) is 12.6 Å². The van der Waals surface area contributed by atoms with Gasteiger partial charge in [-0.3, -0.25) is 4.79 Å². The van der Waals surface area contributed by atoms with Crippen molar-refractivity contribution in [3.63, 3.8) is 0 Å². The average Bonchev–Trinajstić information content (AvgIpc) is 2.80. The Kier molecular flexibility index (Phi) is 3.59. The molecule has 0 radical (unpaired) electrons. The molecular formula is C13H11F3N2O. The van der Waals surface area contributed by atoms with E-state index < -0.39 is 11.7 Å². The van der Waals surface area contributed by atoms with E-state index in [1.807, 2.05) is 0 Å². The summed E-state index contributed by atoms with van der Waals surface area (Å²) in [7, 11) is 0. The molecule has 0 atom stereocenters. The summed E-state index contributed by atoms with van der Waals surface area (Å²) in [6.45, 7) is 0. The Morgan fingerprint density at radius 3 is 2.68 bits per heavy atom. The Hall–Kier alpha value is -2.24. The Morgan fingerprint density at radius 1 is 1.26 bits per heavy atom. The predicted molar refractivity (Wildman–Crippen MR) is 64.6 cm³/mol. The molecule has 0 spiro atoms. The first kappa shape index (κ1) is 13.2. The highest BCUT2D eigenvalue weighted by Crippen LogP contribution is 2.30. The number of H-pyrrole nitrogens is 1. The lowest BCUT2D eigenvalue weighted by Gasteiger charge is -2.09. The largest absolute Gasteiger partial charge is 0.416 e. The van der Waals surface area contributed by atoms with Gasteiger partial charge < -0.3 is 10.3 Å². The van der Waals surface area contributed by atoms with Crippen molar-refractivity contribution in [1.82, 2.24) is 4.98 Å². The summed E-state index contributed by atoms with van der Waals surface area (Å²) >= 11 is 0. The fourth-order valence-electron chi connectivity index (χ4n) is 1.63. The summed E-state index contributed by atoms with van der Waals surface area (Å²) in [5.74, 6) is -0.362. The predicted octanol–water partition coefficient (Wildman–Crippen LogP) is 3.21. The van der Waals surface area contributed by atoms with E-state index in [2.05, 4.69) is 10.3 Å². The summed E-state index contributed by atoms with van der Waals surface area (Å²) in [6.07, 6.45) is -0.972. The number of carbonyl (C=O) groups is 1. The molecule has 0 saturated heterocycles. The maximum absolute atomic E-state index is 12.5. The van der Waals surface area contributed by atoms with Gasteiger partial charge in [0.05, 0.1) is 12.0 Å². The van der Waals surface area contributed by atoms with Crippen LogP contribution in [-0.2, 0) is 17.4 Å². The van der Waals surface area contributed by atoms with Crippen molar-refractivity contribution in [3.8, 4) is 0 Å². The van der Waals surface area contributed by atoms with Gasteiger partial charge in [-0.1, -0.05) is 6.07 Å². The van der Waals surface area contributed by atoms with Gasteiger partial charge >= 0.3 is 6.18 Å². The van der Waals surface area contributed by atoms with Gasteiger partial charge in [0.25, 0.3) is 0 Å². The maximum Gasteiger partial charge on any atom is 0.416 e.